The molecule has 4 aromatic rings. The van der Waals surface area contributed by atoms with Gasteiger partial charge < -0.3 is 0 Å². The standard InChI is InChI=1S/C22H18N2OS/c1-16-15-26-22(23-16)24(19-11-3-2-4-12-19)21(25)14-18-10-7-9-17-8-5-6-13-20(17)18/h2-13,15H,14H2,1H3. The van der Waals surface area contributed by atoms with Crippen LogP contribution in [0.25, 0.3) is 10.8 Å². The summed E-state index contributed by atoms with van der Waals surface area (Å²) in [7, 11) is 0. The zero-order valence-corrected chi connectivity index (χ0v) is 15.2. The second kappa shape index (κ2) is 7.10. The molecule has 0 aliphatic heterocycles. The molecule has 1 amide bonds. The summed E-state index contributed by atoms with van der Waals surface area (Å²) in [5.41, 5.74) is 2.79. The van der Waals surface area contributed by atoms with Gasteiger partial charge in [-0.2, -0.15) is 0 Å². The molecule has 0 aliphatic carbocycles. The average molecular weight is 358 g/mol. The number of rotatable bonds is 4. The topological polar surface area (TPSA) is 33.2 Å². The molecule has 0 radical (unpaired) electrons. The molecule has 3 nitrogen and oxygen atoms in total. The predicted octanol–water partition coefficient (Wildman–Crippen LogP) is 5.51. The molecular formula is C22H18N2OS. The van der Waals surface area contributed by atoms with Crippen LogP contribution in [0.1, 0.15) is 11.3 Å². The van der Waals surface area contributed by atoms with Crippen LogP contribution in [0, 0.1) is 6.92 Å². The molecule has 0 spiro atoms. The Kier molecular flexibility index (Phi) is 4.50. The molecule has 26 heavy (non-hydrogen) atoms. The summed E-state index contributed by atoms with van der Waals surface area (Å²) in [5, 5.41) is 4.94. The molecule has 0 saturated heterocycles. The molecule has 0 fully saturated rings. The molecule has 0 atom stereocenters. The third-order valence-electron chi connectivity index (χ3n) is 4.28. The van der Waals surface area contributed by atoms with E-state index in [-0.39, 0.29) is 5.91 Å². The van der Waals surface area contributed by atoms with Gasteiger partial charge in [-0.25, -0.2) is 4.98 Å². The van der Waals surface area contributed by atoms with Crippen molar-refractivity contribution in [2.24, 2.45) is 0 Å². The van der Waals surface area contributed by atoms with E-state index in [0.717, 1.165) is 27.7 Å². The van der Waals surface area contributed by atoms with Gasteiger partial charge in [0.2, 0.25) is 5.91 Å². The lowest BCUT2D eigenvalue weighted by atomic mass is 10.0. The number of fused-ring (bicyclic) bond motifs is 1. The number of nitrogens with zero attached hydrogens (tertiary/aromatic N) is 2. The highest BCUT2D eigenvalue weighted by Gasteiger charge is 2.21. The smallest absolute Gasteiger partial charge is 0.237 e. The molecule has 1 heterocycles. The monoisotopic (exact) mass is 358 g/mol. The Hall–Kier alpha value is -2.98. The minimum absolute atomic E-state index is 0.0157. The zero-order chi connectivity index (χ0) is 17.9. The summed E-state index contributed by atoms with van der Waals surface area (Å²) < 4.78 is 0. The third-order valence-corrected chi connectivity index (χ3v) is 5.23. The largest absolute Gasteiger partial charge is 0.274 e. The second-order valence-corrected chi connectivity index (χ2v) is 6.99. The van der Waals surface area contributed by atoms with Crippen LogP contribution in [0.3, 0.4) is 0 Å². The van der Waals surface area contributed by atoms with Gasteiger partial charge in [-0.1, -0.05) is 60.7 Å². The Bertz CT molecular complexity index is 1050. The highest BCUT2D eigenvalue weighted by molar-refractivity contribution is 7.14. The molecule has 0 aliphatic rings. The van der Waals surface area contributed by atoms with Crippen LogP contribution in [-0.4, -0.2) is 10.9 Å². The van der Waals surface area contributed by atoms with Gasteiger partial charge in [0.05, 0.1) is 17.8 Å². The van der Waals surface area contributed by atoms with E-state index >= 15 is 0 Å². The molecule has 0 unspecified atom stereocenters. The Morgan fingerprint density at radius 1 is 0.962 bits per heavy atom. The molecular weight excluding hydrogens is 340 g/mol. The van der Waals surface area contributed by atoms with Crippen LogP contribution < -0.4 is 4.90 Å². The van der Waals surface area contributed by atoms with Crippen molar-refractivity contribution < 1.29 is 4.79 Å². The van der Waals surface area contributed by atoms with Crippen molar-refractivity contribution in [3.8, 4) is 0 Å². The van der Waals surface area contributed by atoms with Crippen LogP contribution >= 0.6 is 11.3 Å². The Labute approximate surface area is 156 Å². The fraction of sp³-hybridized carbons (Fsp3) is 0.0909. The third kappa shape index (κ3) is 3.24. The molecule has 3 aromatic carbocycles. The maximum atomic E-state index is 13.3. The Morgan fingerprint density at radius 2 is 1.69 bits per heavy atom. The van der Waals surface area contributed by atoms with Crippen molar-refractivity contribution in [1.29, 1.82) is 0 Å². The number of carbonyl (C=O) groups is 1. The number of para-hydroxylation sites is 1. The molecule has 0 saturated carbocycles. The SMILES string of the molecule is Cc1csc(N(C(=O)Cc2cccc3ccccc23)c2ccccc2)n1. The number of amides is 1. The molecule has 4 heteroatoms. The summed E-state index contributed by atoms with van der Waals surface area (Å²) in [5.74, 6) is 0.0157. The van der Waals surface area contributed by atoms with Gasteiger partial charge in [0.15, 0.2) is 5.13 Å². The normalized spacial score (nSPS) is 10.8. The number of thiazole rings is 1. The minimum Gasteiger partial charge on any atom is -0.274 e. The summed E-state index contributed by atoms with van der Waals surface area (Å²) in [6.45, 7) is 1.94. The lowest BCUT2D eigenvalue weighted by Gasteiger charge is -2.20. The van der Waals surface area contributed by atoms with E-state index in [1.54, 1.807) is 4.90 Å². The van der Waals surface area contributed by atoms with Crippen molar-refractivity contribution in [2.75, 3.05) is 4.90 Å². The van der Waals surface area contributed by atoms with E-state index < -0.39 is 0 Å². The number of aryl methyl sites for hydroxylation is 1. The molecule has 4 rings (SSSR count). The quantitative estimate of drug-likeness (QED) is 0.482. The number of hydrogen-bond donors (Lipinski definition) is 0. The van der Waals surface area contributed by atoms with E-state index in [9.17, 15) is 4.79 Å². The molecule has 0 N–H and O–H groups in total. The van der Waals surface area contributed by atoms with E-state index in [0.29, 0.717) is 11.6 Å². The minimum atomic E-state index is 0.0157. The molecule has 0 bridgehead atoms. The van der Waals surface area contributed by atoms with Crippen molar-refractivity contribution in [3.63, 3.8) is 0 Å². The first-order valence-electron chi connectivity index (χ1n) is 8.49. The maximum absolute atomic E-state index is 13.3. The predicted molar refractivity (Wildman–Crippen MR) is 108 cm³/mol. The summed E-state index contributed by atoms with van der Waals surface area (Å²) in [6.07, 6.45) is 0.328. The first-order valence-corrected chi connectivity index (χ1v) is 9.37. The van der Waals surface area contributed by atoms with Crippen LogP contribution in [0.4, 0.5) is 10.8 Å². The van der Waals surface area contributed by atoms with Gasteiger partial charge in [0.1, 0.15) is 0 Å². The number of benzene rings is 3. The maximum Gasteiger partial charge on any atom is 0.237 e. The highest BCUT2D eigenvalue weighted by Crippen LogP contribution is 2.30. The lowest BCUT2D eigenvalue weighted by Crippen LogP contribution is -2.27. The van der Waals surface area contributed by atoms with Crippen LogP contribution in [0.2, 0.25) is 0 Å². The van der Waals surface area contributed by atoms with Crippen LogP contribution in [-0.2, 0) is 11.2 Å². The fourth-order valence-electron chi connectivity index (χ4n) is 3.07. The Balaban J connectivity index is 1.73. The van der Waals surface area contributed by atoms with E-state index in [1.165, 1.54) is 11.3 Å². The van der Waals surface area contributed by atoms with Crippen molar-refractivity contribution >= 4 is 38.8 Å². The van der Waals surface area contributed by atoms with E-state index in [2.05, 4.69) is 23.2 Å². The van der Waals surface area contributed by atoms with Crippen LogP contribution in [0.5, 0.6) is 0 Å². The number of aromatic nitrogens is 1. The number of hydrogen-bond acceptors (Lipinski definition) is 3. The second-order valence-electron chi connectivity index (χ2n) is 6.15. The van der Waals surface area contributed by atoms with Crippen LogP contribution in [0.15, 0.2) is 78.2 Å². The van der Waals surface area contributed by atoms with Gasteiger partial charge >= 0.3 is 0 Å². The van der Waals surface area contributed by atoms with Gasteiger partial charge in [-0.3, -0.25) is 9.69 Å². The number of carbonyl (C=O) groups excluding carboxylic acids is 1. The molecule has 1 aromatic heterocycles. The first-order chi connectivity index (χ1) is 12.7. The van der Waals surface area contributed by atoms with E-state index in [4.69, 9.17) is 0 Å². The van der Waals surface area contributed by atoms with Gasteiger partial charge in [0.25, 0.3) is 0 Å². The van der Waals surface area contributed by atoms with Gasteiger partial charge in [0, 0.05) is 5.38 Å². The van der Waals surface area contributed by atoms with Gasteiger partial charge in [-0.05, 0) is 35.4 Å². The summed E-state index contributed by atoms with van der Waals surface area (Å²) in [6, 6.07) is 24.0. The molecule has 128 valence electrons. The average Bonchev–Trinajstić information content (AvgIpc) is 3.09. The van der Waals surface area contributed by atoms with Gasteiger partial charge in [-0.15, -0.1) is 11.3 Å². The number of anilines is 2. The van der Waals surface area contributed by atoms with Crippen molar-refractivity contribution in [1.82, 2.24) is 4.98 Å². The summed E-state index contributed by atoms with van der Waals surface area (Å²) in [4.78, 5) is 19.5. The first kappa shape index (κ1) is 16.5. The van der Waals surface area contributed by atoms with Crippen molar-refractivity contribution in [3.05, 3.63) is 89.4 Å². The van der Waals surface area contributed by atoms with E-state index in [1.807, 2.05) is 66.9 Å². The lowest BCUT2D eigenvalue weighted by molar-refractivity contribution is -0.117. The summed E-state index contributed by atoms with van der Waals surface area (Å²) >= 11 is 1.49. The zero-order valence-electron chi connectivity index (χ0n) is 14.4. The highest BCUT2D eigenvalue weighted by atomic mass is 32.1. The Morgan fingerprint density at radius 3 is 2.46 bits per heavy atom. The van der Waals surface area contributed by atoms with Crippen molar-refractivity contribution in [2.45, 2.75) is 13.3 Å². The fourth-order valence-corrected chi connectivity index (χ4v) is 3.91.